The van der Waals surface area contributed by atoms with Crippen molar-refractivity contribution in [3.8, 4) is 5.75 Å². The number of anilines is 1. The predicted octanol–water partition coefficient (Wildman–Crippen LogP) is 2.98. The molecule has 1 saturated heterocycles. The molecule has 1 fully saturated rings. The van der Waals surface area contributed by atoms with E-state index in [1.54, 1.807) is 37.3 Å². The summed E-state index contributed by atoms with van der Waals surface area (Å²) >= 11 is 0. The Morgan fingerprint density at radius 2 is 1.72 bits per heavy atom. The minimum absolute atomic E-state index is 0.0171. The zero-order valence-electron chi connectivity index (χ0n) is 20.2. The second-order valence-corrected chi connectivity index (χ2v) is 8.91. The lowest BCUT2D eigenvalue weighted by atomic mass is 10.0. The highest BCUT2D eigenvalue weighted by Crippen LogP contribution is 2.26. The van der Waals surface area contributed by atoms with E-state index >= 15 is 0 Å². The van der Waals surface area contributed by atoms with Crippen LogP contribution in [0.2, 0.25) is 0 Å². The smallest absolute Gasteiger partial charge is 0.316 e. The molecule has 0 bridgehead atoms. The standard InChI is InChI=1S/C27H30N6O3/c1-17(28)32-13-11-22(12-14-32)36-21-8-6-20(7-9-21)33(27(35)26(31)34)16-18-5-10-23-19(15-18)3-2-4-24(23)25(29)30/h2-10,15,22,28H,11-14,16H2,1H3,(H3,29,30)(H2,31,34). The molecule has 0 saturated carbocycles. The highest BCUT2D eigenvalue weighted by Gasteiger charge is 2.23. The normalized spacial score (nSPS) is 13.9. The quantitative estimate of drug-likeness (QED) is 0.240. The highest BCUT2D eigenvalue weighted by atomic mass is 16.5. The third kappa shape index (κ3) is 5.46. The van der Waals surface area contributed by atoms with Gasteiger partial charge in [-0.05, 0) is 53.6 Å². The molecule has 4 rings (SSSR count). The Morgan fingerprint density at radius 3 is 2.33 bits per heavy atom. The molecule has 0 radical (unpaired) electrons. The number of carbonyl (C=O) groups excluding carboxylic acids is 2. The summed E-state index contributed by atoms with van der Waals surface area (Å²) in [4.78, 5) is 27.9. The molecule has 1 heterocycles. The molecule has 9 nitrogen and oxygen atoms in total. The third-order valence-electron chi connectivity index (χ3n) is 6.40. The second kappa shape index (κ2) is 10.5. The largest absolute Gasteiger partial charge is 0.490 e. The zero-order valence-corrected chi connectivity index (χ0v) is 20.2. The van der Waals surface area contributed by atoms with Gasteiger partial charge in [0, 0.05) is 37.2 Å². The average molecular weight is 487 g/mol. The van der Waals surface area contributed by atoms with Gasteiger partial charge in [-0.25, -0.2) is 0 Å². The van der Waals surface area contributed by atoms with Crippen LogP contribution in [0.1, 0.15) is 30.9 Å². The summed E-state index contributed by atoms with van der Waals surface area (Å²) in [6, 6.07) is 18.2. The molecule has 0 unspecified atom stereocenters. The summed E-state index contributed by atoms with van der Waals surface area (Å²) < 4.78 is 6.10. The molecule has 1 aliphatic heterocycles. The van der Waals surface area contributed by atoms with Crippen molar-refractivity contribution in [1.29, 1.82) is 10.8 Å². The number of benzene rings is 3. The van der Waals surface area contributed by atoms with Crippen LogP contribution in [-0.2, 0) is 16.1 Å². The fourth-order valence-corrected chi connectivity index (χ4v) is 4.47. The number of hydrogen-bond donors (Lipinski definition) is 4. The molecule has 3 aromatic rings. The Bertz CT molecular complexity index is 1310. The summed E-state index contributed by atoms with van der Waals surface area (Å²) in [6.45, 7) is 3.52. The number of nitrogens with zero attached hydrogens (tertiary/aromatic N) is 2. The fraction of sp³-hybridized carbons (Fsp3) is 0.259. The van der Waals surface area contributed by atoms with Crippen LogP contribution in [0, 0.1) is 10.8 Å². The van der Waals surface area contributed by atoms with E-state index in [0.717, 1.165) is 42.3 Å². The number of nitrogens with one attached hydrogen (secondary N) is 2. The van der Waals surface area contributed by atoms with Crippen LogP contribution in [0.4, 0.5) is 5.69 Å². The first-order valence-electron chi connectivity index (χ1n) is 11.8. The summed E-state index contributed by atoms with van der Waals surface area (Å²) in [7, 11) is 0. The molecule has 186 valence electrons. The number of hydrogen-bond acceptors (Lipinski definition) is 5. The van der Waals surface area contributed by atoms with Crippen LogP contribution in [0.15, 0.2) is 60.7 Å². The number of likely N-dealkylation sites (tertiary alicyclic amines) is 1. The number of primary amides is 1. The number of fused-ring (bicyclic) bond motifs is 1. The van der Waals surface area contributed by atoms with Gasteiger partial charge in [0.05, 0.1) is 12.4 Å². The van der Waals surface area contributed by atoms with Crippen molar-refractivity contribution in [3.63, 3.8) is 0 Å². The number of piperidine rings is 1. The Labute approximate surface area is 209 Å². The third-order valence-corrected chi connectivity index (χ3v) is 6.40. The molecule has 1 aliphatic rings. The molecule has 9 heteroatoms. The Kier molecular flexibility index (Phi) is 7.19. The van der Waals surface area contributed by atoms with E-state index in [1.807, 2.05) is 35.2 Å². The summed E-state index contributed by atoms with van der Waals surface area (Å²) in [5.41, 5.74) is 13.0. The van der Waals surface area contributed by atoms with Gasteiger partial charge in [-0.15, -0.1) is 0 Å². The van der Waals surface area contributed by atoms with Crippen molar-refractivity contribution in [3.05, 3.63) is 71.8 Å². The van der Waals surface area contributed by atoms with Crippen molar-refractivity contribution < 1.29 is 14.3 Å². The maximum atomic E-state index is 12.7. The van der Waals surface area contributed by atoms with E-state index in [9.17, 15) is 9.59 Å². The summed E-state index contributed by atoms with van der Waals surface area (Å²) in [5.74, 6) is -0.615. The first kappa shape index (κ1) is 24.7. The van der Waals surface area contributed by atoms with E-state index in [2.05, 4.69) is 0 Å². The first-order valence-corrected chi connectivity index (χ1v) is 11.8. The van der Waals surface area contributed by atoms with E-state index in [0.29, 0.717) is 22.8 Å². The minimum atomic E-state index is -1.04. The monoisotopic (exact) mass is 486 g/mol. The van der Waals surface area contributed by atoms with Crippen LogP contribution in [0.3, 0.4) is 0 Å². The average Bonchev–Trinajstić information content (AvgIpc) is 2.87. The molecule has 0 spiro atoms. The van der Waals surface area contributed by atoms with Gasteiger partial charge in [-0.3, -0.25) is 25.3 Å². The molecule has 36 heavy (non-hydrogen) atoms. The van der Waals surface area contributed by atoms with Crippen molar-refractivity contribution in [2.75, 3.05) is 18.0 Å². The van der Waals surface area contributed by atoms with Gasteiger partial charge in [-0.1, -0.05) is 30.3 Å². The molecule has 3 aromatic carbocycles. The first-order chi connectivity index (χ1) is 17.2. The van der Waals surface area contributed by atoms with Crippen molar-refractivity contribution in [2.24, 2.45) is 11.5 Å². The van der Waals surface area contributed by atoms with Crippen LogP contribution < -0.4 is 21.1 Å². The highest BCUT2D eigenvalue weighted by molar-refractivity contribution is 6.39. The number of carbonyl (C=O) groups is 2. The van der Waals surface area contributed by atoms with Crippen LogP contribution in [0.25, 0.3) is 10.8 Å². The molecular formula is C27H30N6O3. The van der Waals surface area contributed by atoms with E-state index in [-0.39, 0.29) is 18.5 Å². The van der Waals surface area contributed by atoms with Gasteiger partial charge >= 0.3 is 11.8 Å². The molecule has 2 amide bonds. The van der Waals surface area contributed by atoms with Crippen molar-refractivity contribution >= 4 is 39.9 Å². The molecule has 0 aliphatic carbocycles. The molecule has 0 atom stereocenters. The van der Waals surface area contributed by atoms with Gasteiger partial charge in [0.1, 0.15) is 17.7 Å². The number of amidine groups is 2. The van der Waals surface area contributed by atoms with Gasteiger partial charge in [-0.2, -0.15) is 0 Å². The summed E-state index contributed by atoms with van der Waals surface area (Å²) in [5, 5.41) is 17.2. The molecule has 6 N–H and O–H groups in total. The van der Waals surface area contributed by atoms with Crippen molar-refractivity contribution in [2.45, 2.75) is 32.4 Å². The topological polar surface area (TPSA) is 150 Å². The van der Waals surface area contributed by atoms with Gasteiger partial charge < -0.3 is 21.1 Å². The molecular weight excluding hydrogens is 456 g/mol. The summed E-state index contributed by atoms with van der Waals surface area (Å²) in [6.07, 6.45) is 1.72. The Hall–Kier alpha value is -4.40. The van der Waals surface area contributed by atoms with Crippen LogP contribution in [0.5, 0.6) is 5.75 Å². The second-order valence-electron chi connectivity index (χ2n) is 8.91. The lowest BCUT2D eigenvalue weighted by Gasteiger charge is -2.32. The van der Waals surface area contributed by atoms with Gasteiger partial charge in [0.25, 0.3) is 0 Å². The van der Waals surface area contributed by atoms with Crippen LogP contribution in [-0.4, -0.2) is 47.6 Å². The van der Waals surface area contributed by atoms with E-state index < -0.39 is 11.8 Å². The molecule has 0 aromatic heterocycles. The van der Waals surface area contributed by atoms with E-state index in [1.165, 1.54) is 4.90 Å². The zero-order chi connectivity index (χ0) is 25.8. The predicted molar refractivity (Wildman–Crippen MR) is 140 cm³/mol. The number of amides is 2. The maximum Gasteiger partial charge on any atom is 0.316 e. The maximum absolute atomic E-state index is 12.7. The minimum Gasteiger partial charge on any atom is -0.490 e. The number of nitrogen functional groups attached to an aromatic ring is 1. The SMILES string of the molecule is CC(=N)N1CCC(Oc2ccc(N(Cc3ccc4c(C(=N)N)cccc4c3)C(=O)C(N)=O)cc2)CC1. The Morgan fingerprint density at radius 1 is 1.03 bits per heavy atom. The fourth-order valence-electron chi connectivity index (χ4n) is 4.47. The number of nitrogens with two attached hydrogens (primary N) is 2. The lowest BCUT2D eigenvalue weighted by molar-refractivity contribution is -0.135. The van der Waals surface area contributed by atoms with Crippen molar-refractivity contribution in [1.82, 2.24) is 4.90 Å². The number of rotatable bonds is 6. The van der Waals surface area contributed by atoms with Gasteiger partial charge in [0.2, 0.25) is 0 Å². The van der Waals surface area contributed by atoms with Gasteiger partial charge in [0.15, 0.2) is 0 Å². The van der Waals surface area contributed by atoms with E-state index in [4.69, 9.17) is 27.0 Å². The number of ether oxygens (including phenoxy) is 1. The van der Waals surface area contributed by atoms with Crippen LogP contribution >= 0.6 is 0 Å². The Balaban J connectivity index is 1.52. The lowest BCUT2D eigenvalue weighted by Crippen LogP contribution is -2.40.